The zero-order valence-electron chi connectivity index (χ0n) is 11.8. The van der Waals surface area contributed by atoms with Crippen LogP contribution in [0.1, 0.15) is 29.7 Å². The van der Waals surface area contributed by atoms with E-state index in [2.05, 4.69) is 69.6 Å². The third-order valence-corrected chi connectivity index (χ3v) is 4.09. The number of nitrogens with zero attached hydrogens (tertiary/aromatic N) is 3. The predicted molar refractivity (Wildman–Crippen MR) is 87.2 cm³/mol. The highest BCUT2D eigenvalue weighted by molar-refractivity contribution is 9.10. The van der Waals surface area contributed by atoms with Gasteiger partial charge < -0.3 is 0 Å². The summed E-state index contributed by atoms with van der Waals surface area (Å²) < 4.78 is 2.98. The molecule has 0 aliphatic carbocycles. The smallest absolute Gasteiger partial charge is 0.0899 e. The first-order valence-electron chi connectivity index (χ1n) is 6.92. The van der Waals surface area contributed by atoms with E-state index in [0.29, 0.717) is 0 Å². The second-order valence-corrected chi connectivity index (χ2v) is 6.02. The molecule has 3 aromatic rings. The largest absolute Gasteiger partial charge is 0.248 e. The van der Waals surface area contributed by atoms with Crippen LogP contribution >= 0.6 is 15.9 Å². The van der Waals surface area contributed by atoms with Crippen molar-refractivity contribution in [3.63, 3.8) is 0 Å². The summed E-state index contributed by atoms with van der Waals surface area (Å²) in [5, 5.41) is 8.55. The first-order valence-corrected chi connectivity index (χ1v) is 7.71. The van der Waals surface area contributed by atoms with E-state index < -0.39 is 0 Å². The molecule has 0 radical (unpaired) electrons. The van der Waals surface area contributed by atoms with Crippen LogP contribution in [-0.4, -0.2) is 15.0 Å². The van der Waals surface area contributed by atoms with Gasteiger partial charge in [0.15, 0.2) is 0 Å². The van der Waals surface area contributed by atoms with E-state index >= 15 is 0 Å². The van der Waals surface area contributed by atoms with Crippen LogP contribution < -0.4 is 0 Å². The average molecular weight is 342 g/mol. The third kappa shape index (κ3) is 3.39. The lowest BCUT2D eigenvalue weighted by Gasteiger charge is -2.08. The fraction of sp³-hybridized carbons (Fsp3) is 0.176. The summed E-state index contributed by atoms with van der Waals surface area (Å²) in [4.78, 5) is 0. The lowest BCUT2D eigenvalue weighted by molar-refractivity contribution is 0.649. The molecule has 3 rings (SSSR count). The molecule has 4 heteroatoms. The van der Waals surface area contributed by atoms with Gasteiger partial charge in [-0.25, -0.2) is 4.68 Å². The van der Waals surface area contributed by atoms with Crippen LogP contribution in [0.5, 0.6) is 0 Å². The Morgan fingerprint density at radius 1 is 1.05 bits per heavy atom. The Hall–Kier alpha value is -1.94. The van der Waals surface area contributed by atoms with Crippen molar-refractivity contribution in [2.24, 2.45) is 0 Å². The number of hydrogen-bond acceptors (Lipinski definition) is 2. The van der Waals surface area contributed by atoms with Crippen molar-refractivity contribution in [1.82, 2.24) is 15.0 Å². The second-order valence-electron chi connectivity index (χ2n) is 5.10. The Labute approximate surface area is 132 Å². The number of benzene rings is 2. The quantitative estimate of drug-likeness (QED) is 0.710. The molecule has 3 nitrogen and oxygen atoms in total. The molecule has 0 spiro atoms. The molecular weight excluding hydrogens is 326 g/mol. The van der Waals surface area contributed by atoms with Crippen LogP contribution in [0.15, 0.2) is 65.3 Å². The summed E-state index contributed by atoms with van der Waals surface area (Å²) in [6, 6.07) is 18.6. The highest BCUT2D eigenvalue weighted by atomic mass is 79.9. The molecule has 1 unspecified atom stereocenters. The monoisotopic (exact) mass is 341 g/mol. The predicted octanol–water partition coefficient (Wildman–Crippen LogP) is 4.24. The Bertz CT molecular complexity index is 704. The number of rotatable bonds is 4. The molecule has 21 heavy (non-hydrogen) atoms. The van der Waals surface area contributed by atoms with Crippen LogP contribution in [0, 0.1) is 0 Å². The normalized spacial score (nSPS) is 12.3. The van der Waals surface area contributed by atoms with Gasteiger partial charge in [0.25, 0.3) is 0 Å². The minimum atomic E-state index is 0.239. The second kappa shape index (κ2) is 6.22. The van der Waals surface area contributed by atoms with Crippen molar-refractivity contribution in [3.8, 4) is 0 Å². The summed E-state index contributed by atoms with van der Waals surface area (Å²) in [6.45, 7) is 2.90. The Morgan fingerprint density at radius 3 is 2.48 bits per heavy atom. The molecule has 106 valence electrons. The Kier molecular flexibility index (Phi) is 4.15. The molecule has 0 aliphatic heterocycles. The van der Waals surface area contributed by atoms with Gasteiger partial charge in [0.2, 0.25) is 0 Å². The van der Waals surface area contributed by atoms with Crippen molar-refractivity contribution < 1.29 is 0 Å². The van der Waals surface area contributed by atoms with Gasteiger partial charge in [-0.15, -0.1) is 5.10 Å². The fourth-order valence-electron chi connectivity index (χ4n) is 2.28. The molecule has 0 bridgehead atoms. The van der Waals surface area contributed by atoms with E-state index in [4.69, 9.17) is 0 Å². The molecular formula is C17H16BrN3. The number of aromatic nitrogens is 3. The van der Waals surface area contributed by atoms with E-state index in [-0.39, 0.29) is 5.92 Å². The molecule has 0 amide bonds. The summed E-state index contributed by atoms with van der Waals surface area (Å²) in [6.07, 6.45) is 2.03. The first-order chi connectivity index (χ1) is 10.2. The zero-order valence-corrected chi connectivity index (χ0v) is 13.4. The standard InChI is InChI=1S/C17H16BrN3/c1-13(15-7-9-16(18)10-8-15)17-12-21(20-19-17)11-14-5-3-2-4-6-14/h2-10,12-13H,11H2,1H3. The number of halogens is 1. The Balaban J connectivity index is 1.76. The molecule has 0 aliphatic rings. The van der Waals surface area contributed by atoms with Gasteiger partial charge in [-0.1, -0.05) is 70.5 Å². The van der Waals surface area contributed by atoms with Crippen molar-refractivity contribution >= 4 is 15.9 Å². The minimum Gasteiger partial charge on any atom is -0.248 e. The molecule has 0 saturated heterocycles. The van der Waals surface area contributed by atoms with Crippen LogP contribution in [0.25, 0.3) is 0 Å². The van der Waals surface area contributed by atoms with Crippen LogP contribution in [0.4, 0.5) is 0 Å². The highest BCUT2D eigenvalue weighted by Crippen LogP contribution is 2.23. The van der Waals surface area contributed by atoms with Crippen LogP contribution in [0.2, 0.25) is 0 Å². The molecule has 0 N–H and O–H groups in total. The highest BCUT2D eigenvalue weighted by Gasteiger charge is 2.12. The summed E-state index contributed by atoms with van der Waals surface area (Å²) >= 11 is 3.46. The average Bonchev–Trinajstić information content (AvgIpc) is 2.97. The SMILES string of the molecule is CC(c1ccc(Br)cc1)c1cn(Cc2ccccc2)nn1. The van der Waals surface area contributed by atoms with Gasteiger partial charge >= 0.3 is 0 Å². The van der Waals surface area contributed by atoms with E-state index in [1.165, 1.54) is 11.1 Å². The van der Waals surface area contributed by atoms with Crippen molar-refractivity contribution in [1.29, 1.82) is 0 Å². The fourth-order valence-corrected chi connectivity index (χ4v) is 2.55. The lowest BCUT2D eigenvalue weighted by atomic mass is 9.99. The lowest BCUT2D eigenvalue weighted by Crippen LogP contribution is -2.00. The third-order valence-electron chi connectivity index (χ3n) is 3.56. The maximum absolute atomic E-state index is 4.31. The van der Waals surface area contributed by atoms with E-state index in [0.717, 1.165) is 16.7 Å². The summed E-state index contributed by atoms with van der Waals surface area (Å²) in [7, 11) is 0. The van der Waals surface area contributed by atoms with Gasteiger partial charge in [0.1, 0.15) is 0 Å². The molecule has 1 heterocycles. The first kappa shape index (κ1) is 14.0. The van der Waals surface area contributed by atoms with Gasteiger partial charge in [-0.3, -0.25) is 0 Å². The molecule has 2 aromatic carbocycles. The van der Waals surface area contributed by atoms with E-state index in [1.807, 2.05) is 29.1 Å². The number of hydrogen-bond donors (Lipinski definition) is 0. The summed E-state index contributed by atoms with van der Waals surface area (Å²) in [5.74, 6) is 0.239. The van der Waals surface area contributed by atoms with Gasteiger partial charge in [0.05, 0.1) is 12.2 Å². The van der Waals surface area contributed by atoms with Crippen LogP contribution in [0.3, 0.4) is 0 Å². The van der Waals surface area contributed by atoms with Crippen molar-refractivity contribution in [3.05, 3.63) is 82.1 Å². The van der Waals surface area contributed by atoms with Crippen LogP contribution in [-0.2, 0) is 6.54 Å². The van der Waals surface area contributed by atoms with Crippen molar-refractivity contribution in [2.75, 3.05) is 0 Å². The minimum absolute atomic E-state index is 0.239. The molecule has 0 fully saturated rings. The summed E-state index contributed by atoms with van der Waals surface area (Å²) in [5.41, 5.74) is 3.46. The molecule has 1 aromatic heterocycles. The van der Waals surface area contributed by atoms with Gasteiger partial charge in [-0.2, -0.15) is 0 Å². The zero-order chi connectivity index (χ0) is 14.7. The topological polar surface area (TPSA) is 30.7 Å². The maximum atomic E-state index is 4.31. The van der Waals surface area contributed by atoms with E-state index in [1.54, 1.807) is 0 Å². The van der Waals surface area contributed by atoms with Gasteiger partial charge in [-0.05, 0) is 23.3 Å². The maximum Gasteiger partial charge on any atom is 0.0899 e. The Morgan fingerprint density at radius 2 is 1.76 bits per heavy atom. The van der Waals surface area contributed by atoms with E-state index in [9.17, 15) is 0 Å². The van der Waals surface area contributed by atoms with Gasteiger partial charge in [0, 0.05) is 16.6 Å². The van der Waals surface area contributed by atoms with Crippen molar-refractivity contribution in [2.45, 2.75) is 19.4 Å². The molecule has 1 atom stereocenters. The molecule has 0 saturated carbocycles.